The van der Waals surface area contributed by atoms with E-state index in [0.29, 0.717) is 6.61 Å². The second kappa shape index (κ2) is 7.48. The Morgan fingerprint density at radius 1 is 1.42 bits per heavy atom. The molecule has 1 heterocycles. The Balaban J connectivity index is 2.60. The third-order valence-electron chi connectivity index (χ3n) is 2.99. The zero-order valence-corrected chi connectivity index (χ0v) is 13.1. The van der Waals surface area contributed by atoms with Crippen LogP contribution in [0, 0.1) is 0 Å². The van der Waals surface area contributed by atoms with Gasteiger partial charge in [-0.25, -0.2) is 4.98 Å². The molecule has 0 amide bonds. The Morgan fingerprint density at radius 3 is 2.79 bits per heavy atom. The molecule has 0 spiro atoms. The summed E-state index contributed by atoms with van der Waals surface area (Å²) in [4.78, 5) is 16.4. The number of hydrogen-bond acceptors (Lipinski definition) is 5. The lowest BCUT2D eigenvalue weighted by molar-refractivity contribution is -0.148. The summed E-state index contributed by atoms with van der Waals surface area (Å²) in [5, 5.41) is 6.11. The molecule has 1 rings (SSSR count). The van der Waals surface area contributed by atoms with Crippen LogP contribution in [-0.4, -0.2) is 24.1 Å². The standard InChI is InChI=1S/C14H24N2O2S/c1-5-7-8-9-15-13-16-11(10-19-13)14(3,4)12(17)18-6-2/h10H,5-9H2,1-4H3,(H,15,16). The zero-order chi connectivity index (χ0) is 14.3. The summed E-state index contributed by atoms with van der Waals surface area (Å²) in [6.45, 7) is 9.02. The molecule has 1 aromatic heterocycles. The predicted octanol–water partition coefficient (Wildman–Crippen LogP) is 3.59. The smallest absolute Gasteiger partial charge is 0.317 e. The minimum absolute atomic E-state index is 0.224. The molecule has 108 valence electrons. The number of nitrogens with zero attached hydrogens (tertiary/aromatic N) is 1. The third-order valence-corrected chi connectivity index (χ3v) is 3.79. The number of rotatable bonds is 8. The van der Waals surface area contributed by atoms with Crippen LogP contribution < -0.4 is 5.32 Å². The molecule has 0 atom stereocenters. The first-order valence-corrected chi connectivity index (χ1v) is 7.77. The van der Waals surface area contributed by atoms with Crippen molar-refractivity contribution in [2.24, 2.45) is 0 Å². The van der Waals surface area contributed by atoms with Gasteiger partial charge in [-0.2, -0.15) is 0 Å². The number of esters is 1. The number of thiazole rings is 1. The van der Waals surface area contributed by atoms with Crippen LogP contribution in [-0.2, 0) is 14.9 Å². The van der Waals surface area contributed by atoms with Crippen molar-refractivity contribution in [3.05, 3.63) is 11.1 Å². The normalized spacial score (nSPS) is 11.4. The van der Waals surface area contributed by atoms with Crippen molar-refractivity contribution < 1.29 is 9.53 Å². The molecule has 0 aliphatic heterocycles. The highest BCUT2D eigenvalue weighted by Gasteiger charge is 2.33. The van der Waals surface area contributed by atoms with Crippen LogP contribution in [0.2, 0.25) is 0 Å². The largest absolute Gasteiger partial charge is 0.465 e. The van der Waals surface area contributed by atoms with Gasteiger partial charge in [0, 0.05) is 11.9 Å². The van der Waals surface area contributed by atoms with Crippen LogP contribution in [0.25, 0.3) is 0 Å². The van der Waals surface area contributed by atoms with Crippen molar-refractivity contribution in [2.45, 2.75) is 52.4 Å². The van der Waals surface area contributed by atoms with E-state index in [2.05, 4.69) is 17.2 Å². The maximum Gasteiger partial charge on any atom is 0.317 e. The molecule has 1 aromatic rings. The van der Waals surface area contributed by atoms with E-state index in [1.54, 1.807) is 0 Å². The molecule has 0 radical (unpaired) electrons. The highest BCUT2D eigenvalue weighted by atomic mass is 32.1. The lowest BCUT2D eigenvalue weighted by Crippen LogP contribution is -2.31. The second-order valence-electron chi connectivity index (χ2n) is 5.02. The second-order valence-corrected chi connectivity index (χ2v) is 5.88. The molecular formula is C14H24N2O2S. The number of unbranched alkanes of at least 4 members (excludes halogenated alkanes) is 2. The maximum absolute atomic E-state index is 11.9. The maximum atomic E-state index is 11.9. The first-order valence-electron chi connectivity index (χ1n) is 6.89. The highest BCUT2D eigenvalue weighted by Crippen LogP contribution is 2.28. The van der Waals surface area contributed by atoms with Crippen molar-refractivity contribution in [2.75, 3.05) is 18.5 Å². The van der Waals surface area contributed by atoms with Crippen LogP contribution in [0.1, 0.15) is 52.7 Å². The molecule has 0 bridgehead atoms. The van der Waals surface area contributed by atoms with E-state index in [9.17, 15) is 4.79 Å². The minimum atomic E-state index is -0.685. The number of hydrogen-bond donors (Lipinski definition) is 1. The lowest BCUT2D eigenvalue weighted by atomic mass is 9.90. The van der Waals surface area contributed by atoms with Crippen LogP contribution in [0.15, 0.2) is 5.38 Å². The molecule has 0 saturated carbocycles. The van der Waals surface area contributed by atoms with E-state index in [1.807, 2.05) is 26.2 Å². The molecule has 19 heavy (non-hydrogen) atoms. The van der Waals surface area contributed by atoms with Gasteiger partial charge in [0.05, 0.1) is 12.3 Å². The zero-order valence-electron chi connectivity index (χ0n) is 12.3. The minimum Gasteiger partial charge on any atom is -0.465 e. The van der Waals surface area contributed by atoms with Gasteiger partial charge in [0.2, 0.25) is 0 Å². The fourth-order valence-corrected chi connectivity index (χ4v) is 2.54. The van der Waals surface area contributed by atoms with Gasteiger partial charge < -0.3 is 10.1 Å². The van der Waals surface area contributed by atoms with Gasteiger partial charge in [0.1, 0.15) is 5.41 Å². The Labute approximate surface area is 119 Å². The van der Waals surface area contributed by atoms with Crippen molar-refractivity contribution in [3.8, 4) is 0 Å². The fourth-order valence-electron chi connectivity index (χ4n) is 1.63. The quantitative estimate of drug-likeness (QED) is 0.585. The average molecular weight is 284 g/mol. The summed E-state index contributed by atoms with van der Waals surface area (Å²) in [5.41, 5.74) is 0.0875. The molecule has 0 aliphatic carbocycles. The predicted molar refractivity (Wildman–Crippen MR) is 79.8 cm³/mol. The lowest BCUT2D eigenvalue weighted by Gasteiger charge is -2.19. The fraction of sp³-hybridized carbons (Fsp3) is 0.714. The molecule has 0 fully saturated rings. The first kappa shape index (κ1) is 16.0. The Kier molecular flexibility index (Phi) is 6.28. The van der Waals surface area contributed by atoms with Gasteiger partial charge in [-0.05, 0) is 27.2 Å². The first-order chi connectivity index (χ1) is 9.02. The van der Waals surface area contributed by atoms with E-state index in [0.717, 1.165) is 23.8 Å². The molecule has 0 aliphatic rings. The van der Waals surface area contributed by atoms with Crippen molar-refractivity contribution in [3.63, 3.8) is 0 Å². The SMILES string of the molecule is CCCCCNc1nc(C(C)(C)C(=O)OCC)cs1. The molecule has 0 aromatic carbocycles. The van der Waals surface area contributed by atoms with E-state index in [-0.39, 0.29) is 5.97 Å². The van der Waals surface area contributed by atoms with E-state index < -0.39 is 5.41 Å². The molecule has 1 N–H and O–H groups in total. The average Bonchev–Trinajstić information content (AvgIpc) is 2.84. The summed E-state index contributed by atoms with van der Waals surface area (Å²) < 4.78 is 5.09. The number of carbonyl (C=O) groups excluding carboxylic acids is 1. The topological polar surface area (TPSA) is 51.2 Å². The van der Waals surface area contributed by atoms with Crippen LogP contribution in [0.4, 0.5) is 5.13 Å². The van der Waals surface area contributed by atoms with Gasteiger partial charge in [0.15, 0.2) is 5.13 Å². The summed E-state index contributed by atoms with van der Waals surface area (Å²) in [6.07, 6.45) is 3.58. The van der Waals surface area contributed by atoms with Crippen LogP contribution >= 0.6 is 11.3 Å². The summed E-state index contributed by atoms with van der Waals surface area (Å²) in [6, 6.07) is 0. The Bertz CT molecular complexity index is 402. The Morgan fingerprint density at radius 2 is 2.16 bits per heavy atom. The third kappa shape index (κ3) is 4.49. The van der Waals surface area contributed by atoms with Crippen molar-refractivity contribution in [1.82, 2.24) is 4.98 Å². The number of nitrogens with one attached hydrogen (secondary N) is 1. The van der Waals surface area contributed by atoms with Crippen molar-refractivity contribution >= 4 is 22.4 Å². The molecule has 0 unspecified atom stereocenters. The van der Waals surface area contributed by atoms with Gasteiger partial charge in [-0.3, -0.25) is 4.79 Å². The van der Waals surface area contributed by atoms with Crippen LogP contribution in [0.3, 0.4) is 0 Å². The van der Waals surface area contributed by atoms with Gasteiger partial charge >= 0.3 is 5.97 Å². The number of anilines is 1. The molecule has 5 heteroatoms. The van der Waals surface area contributed by atoms with Gasteiger partial charge in [-0.15, -0.1) is 11.3 Å². The number of ether oxygens (including phenoxy) is 1. The van der Waals surface area contributed by atoms with Crippen molar-refractivity contribution in [1.29, 1.82) is 0 Å². The van der Waals surface area contributed by atoms with Gasteiger partial charge in [0.25, 0.3) is 0 Å². The molecule has 4 nitrogen and oxygen atoms in total. The van der Waals surface area contributed by atoms with Crippen LogP contribution in [0.5, 0.6) is 0 Å². The summed E-state index contributed by atoms with van der Waals surface area (Å²) >= 11 is 1.54. The molecular weight excluding hydrogens is 260 g/mol. The number of aromatic nitrogens is 1. The summed E-state index contributed by atoms with van der Waals surface area (Å²) in [7, 11) is 0. The monoisotopic (exact) mass is 284 g/mol. The summed E-state index contributed by atoms with van der Waals surface area (Å²) in [5.74, 6) is -0.224. The molecule has 0 saturated heterocycles. The van der Waals surface area contributed by atoms with E-state index in [1.165, 1.54) is 24.2 Å². The Hall–Kier alpha value is -1.10. The number of carbonyl (C=O) groups is 1. The van der Waals surface area contributed by atoms with Gasteiger partial charge in [-0.1, -0.05) is 19.8 Å². The highest BCUT2D eigenvalue weighted by molar-refractivity contribution is 7.13. The van der Waals surface area contributed by atoms with E-state index >= 15 is 0 Å². The van der Waals surface area contributed by atoms with E-state index in [4.69, 9.17) is 4.74 Å².